The SMILES string of the molecule is CC(CCc1ccc(C(=O)O)cc1)C(C)(C)C. The summed E-state index contributed by atoms with van der Waals surface area (Å²) in [7, 11) is 0. The van der Waals surface area contributed by atoms with Gasteiger partial charge < -0.3 is 5.11 Å². The molecule has 1 N–H and O–H groups in total. The molecule has 0 saturated carbocycles. The molecule has 94 valence electrons. The minimum Gasteiger partial charge on any atom is -0.478 e. The highest BCUT2D eigenvalue weighted by Gasteiger charge is 2.19. The van der Waals surface area contributed by atoms with E-state index in [-0.39, 0.29) is 0 Å². The molecule has 2 heteroatoms. The lowest BCUT2D eigenvalue weighted by Gasteiger charge is -2.27. The third-order valence-corrected chi connectivity index (χ3v) is 3.55. The van der Waals surface area contributed by atoms with E-state index in [1.807, 2.05) is 12.1 Å². The summed E-state index contributed by atoms with van der Waals surface area (Å²) in [6.45, 7) is 9.03. The average molecular weight is 234 g/mol. The van der Waals surface area contributed by atoms with Gasteiger partial charge in [-0.15, -0.1) is 0 Å². The monoisotopic (exact) mass is 234 g/mol. The van der Waals surface area contributed by atoms with Gasteiger partial charge in [-0.05, 0) is 41.9 Å². The molecule has 0 heterocycles. The number of carboxylic acids is 1. The quantitative estimate of drug-likeness (QED) is 0.855. The van der Waals surface area contributed by atoms with Crippen molar-refractivity contribution in [1.82, 2.24) is 0 Å². The minimum absolute atomic E-state index is 0.334. The van der Waals surface area contributed by atoms with Crippen LogP contribution in [-0.4, -0.2) is 11.1 Å². The first-order chi connectivity index (χ1) is 7.80. The van der Waals surface area contributed by atoms with Gasteiger partial charge >= 0.3 is 5.97 Å². The predicted octanol–water partition coefficient (Wildman–Crippen LogP) is 4.00. The predicted molar refractivity (Wildman–Crippen MR) is 70.3 cm³/mol. The molecule has 0 saturated heterocycles. The maximum absolute atomic E-state index is 10.7. The molecular weight excluding hydrogens is 212 g/mol. The fraction of sp³-hybridized carbons (Fsp3) is 0.533. The molecule has 0 amide bonds. The molecular formula is C15H22O2. The molecule has 0 aliphatic carbocycles. The zero-order chi connectivity index (χ0) is 13.1. The van der Waals surface area contributed by atoms with Crippen LogP contribution < -0.4 is 0 Å². The second-order valence-electron chi connectivity index (χ2n) is 5.81. The van der Waals surface area contributed by atoms with E-state index in [1.165, 1.54) is 5.56 Å². The van der Waals surface area contributed by atoms with Crippen LogP contribution >= 0.6 is 0 Å². The third-order valence-electron chi connectivity index (χ3n) is 3.55. The first kappa shape index (κ1) is 13.8. The number of aromatic carboxylic acids is 1. The Morgan fingerprint density at radius 2 is 1.76 bits per heavy atom. The molecule has 17 heavy (non-hydrogen) atoms. The summed E-state index contributed by atoms with van der Waals surface area (Å²) in [5.74, 6) is -0.207. The summed E-state index contributed by atoms with van der Waals surface area (Å²) in [6, 6.07) is 7.19. The van der Waals surface area contributed by atoms with Gasteiger partial charge in [0.25, 0.3) is 0 Å². The number of hydrogen-bond acceptors (Lipinski definition) is 1. The van der Waals surface area contributed by atoms with Gasteiger partial charge in [0.2, 0.25) is 0 Å². The summed E-state index contributed by atoms with van der Waals surface area (Å²) in [6.07, 6.45) is 2.15. The molecule has 0 fully saturated rings. The Kier molecular flexibility index (Phi) is 4.33. The van der Waals surface area contributed by atoms with E-state index in [1.54, 1.807) is 12.1 Å². The lowest BCUT2D eigenvalue weighted by atomic mass is 9.79. The summed E-state index contributed by atoms with van der Waals surface area (Å²) < 4.78 is 0. The second kappa shape index (κ2) is 5.35. The summed E-state index contributed by atoms with van der Waals surface area (Å²) in [4.78, 5) is 10.7. The highest BCUT2D eigenvalue weighted by Crippen LogP contribution is 2.29. The summed E-state index contributed by atoms with van der Waals surface area (Å²) in [5, 5.41) is 8.80. The minimum atomic E-state index is -0.861. The van der Waals surface area contributed by atoms with Crippen molar-refractivity contribution in [1.29, 1.82) is 0 Å². The van der Waals surface area contributed by atoms with Gasteiger partial charge in [-0.25, -0.2) is 4.79 Å². The van der Waals surface area contributed by atoms with Crippen molar-refractivity contribution in [3.05, 3.63) is 35.4 Å². The van der Waals surface area contributed by atoms with Crippen molar-refractivity contribution in [2.45, 2.75) is 40.5 Å². The van der Waals surface area contributed by atoms with E-state index >= 15 is 0 Å². The molecule has 0 radical (unpaired) electrons. The van der Waals surface area contributed by atoms with Gasteiger partial charge in [-0.3, -0.25) is 0 Å². The van der Waals surface area contributed by atoms with Crippen molar-refractivity contribution >= 4 is 5.97 Å². The van der Waals surface area contributed by atoms with E-state index in [2.05, 4.69) is 27.7 Å². The van der Waals surface area contributed by atoms with Gasteiger partial charge in [-0.1, -0.05) is 39.8 Å². The van der Waals surface area contributed by atoms with Gasteiger partial charge in [0.05, 0.1) is 5.56 Å². The van der Waals surface area contributed by atoms with Crippen LogP contribution in [-0.2, 0) is 6.42 Å². The maximum atomic E-state index is 10.7. The highest BCUT2D eigenvalue weighted by atomic mass is 16.4. The Morgan fingerprint density at radius 3 is 2.18 bits per heavy atom. The number of carbonyl (C=O) groups is 1. The molecule has 1 aromatic carbocycles. The van der Waals surface area contributed by atoms with E-state index in [0.29, 0.717) is 16.9 Å². The smallest absolute Gasteiger partial charge is 0.335 e. The number of benzene rings is 1. The molecule has 2 nitrogen and oxygen atoms in total. The fourth-order valence-electron chi connectivity index (χ4n) is 1.63. The number of aryl methyl sites for hydroxylation is 1. The van der Waals surface area contributed by atoms with E-state index < -0.39 is 5.97 Å². The number of hydrogen-bond donors (Lipinski definition) is 1. The molecule has 1 atom stereocenters. The molecule has 0 spiro atoms. The maximum Gasteiger partial charge on any atom is 0.335 e. The standard InChI is InChI=1S/C15H22O2/c1-11(15(2,3)4)5-6-12-7-9-13(10-8-12)14(16)17/h7-11H,5-6H2,1-4H3,(H,16,17). The first-order valence-electron chi connectivity index (χ1n) is 6.13. The average Bonchev–Trinajstić information content (AvgIpc) is 2.25. The molecule has 0 aliphatic rings. The normalized spacial score (nSPS) is 13.4. The highest BCUT2D eigenvalue weighted by molar-refractivity contribution is 5.87. The van der Waals surface area contributed by atoms with Crippen LogP contribution in [0.25, 0.3) is 0 Å². The summed E-state index contributed by atoms with van der Waals surface area (Å²) in [5.41, 5.74) is 1.91. The van der Waals surface area contributed by atoms with Crippen LogP contribution in [0, 0.1) is 11.3 Å². The molecule has 1 aromatic rings. The van der Waals surface area contributed by atoms with Crippen LogP contribution in [0.5, 0.6) is 0 Å². The Morgan fingerprint density at radius 1 is 1.24 bits per heavy atom. The van der Waals surface area contributed by atoms with Crippen molar-refractivity contribution < 1.29 is 9.90 Å². The lowest BCUT2D eigenvalue weighted by molar-refractivity contribution is 0.0697. The molecule has 0 bridgehead atoms. The Hall–Kier alpha value is -1.31. The Labute approximate surface area is 104 Å². The van der Waals surface area contributed by atoms with Crippen LogP contribution in [0.15, 0.2) is 24.3 Å². The zero-order valence-electron chi connectivity index (χ0n) is 11.2. The van der Waals surface area contributed by atoms with Crippen molar-refractivity contribution in [3.63, 3.8) is 0 Å². The molecule has 1 rings (SSSR count). The topological polar surface area (TPSA) is 37.3 Å². The van der Waals surface area contributed by atoms with Gasteiger partial charge in [-0.2, -0.15) is 0 Å². The second-order valence-corrected chi connectivity index (χ2v) is 5.81. The van der Waals surface area contributed by atoms with Gasteiger partial charge in [0.1, 0.15) is 0 Å². The van der Waals surface area contributed by atoms with Crippen LogP contribution in [0.1, 0.15) is 50.0 Å². The zero-order valence-corrected chi connectivity index (χ0v) is 11.2. The lowest BCUT2D eigenvalue weighted by Crippen LogP contribution is -2.17. The van der Waals surface area contributed by atoms with Gasteiger partial charge in [0, 0.05) is 0 Å². The molecule has 0 aliphatic heterocycles. The van der Waals surface area contributed by atoms with Crippen LogP contribution in [0.4, 0.5) is 0 Å². The number of rotatable bonds is 4. The largest absolute Gasteiger partial charge is 0.478 e. The van der Waals surface area contributed by atoms with Crippen molar-refractivity contribution in [2.24, 2.45) is 11.3 Å². The van der Waals surface area contributed by atoms with Crippen molar-refractivity contribution in [3.8, 4) is 0 Å². The molecule has 0 aromatic heterocycles. The van der Waals surface area contributed by atoms with E-state index in [4.69, 9.17) is 5.11 Å². The third kappa shape index (κ3) is 4.22. The van der Waals surface area contributed by atoms with Gasteiger partial charge in [0.15, 0.2) is 0 Å². The van der Waals surface area contributed by atoms with Crippen LogP contribution in [0.2, 0.25) is 0 Å². The van der Waals surface area contributed by atoms with E-state index in [0.717, 1.165) is 12.8 Å². The Bertz CT molecular complexity index is 371. The van der Waals surface area contributed by atoms with Crippen LogP contribution in [0.3, 0.4) is 0 Å². The fourth-order valence-corrected chi connectivity index (χ4v) is 1.63. The van der Waals surface area contributed by atoms with E-state index in [9.17, 15) is 4.79 Å². The van der Waals surface area contributed by atoms with Crippen molar-refractivity contribution in [2.75, 3.05) is 0 Å². The first-order valence-corrected chi connectivity index (χ1v) is 6.13. The Balaban J connectivity index is 2.56. The molecule has 1 unspecified atom stereocenters. The summed E-state index contributed by atoms with van der Waals surface area (Å²) >= 11 is 0. The number of carboxylic acid groups (broad SMARTS) is 1.